The lowest BCUT2D eigenvalue weighted by molar-refractivity contribution is 0.194. The minimum atomic E-state index is 0.00847. The predicted octanol–water partition coefficient (Wildman–Crippen LogP) is 5.80. The highest BCUT2D eigenvalue weighted by molar-refractivity contribution is 5.90. The Balaban J connectivity index is 0.000000455. The Hall–Kier alpha value is -4.80. The van der Waals surface area contributed by atoms with Gasteiger partial charge in [0.2, 0.25) is 5.88 Å². The van der Waals surface area contributed by atoms with Gasteiger partial charge in [-0.25, -0.2) is 4.98 Å². The molecule has 0 radical (unpaired) electrons. The van der Waals surface area contributed by atoms with Gasteiger partial charge in [-0.15, -0.1) is 0 Å². The van der Waals surface area contributed by atoms with Crippen molar-refractivity contribution in [3.63, 3.8) is 0 Å². The van der Waals surface area contributed by atoms with Crippen LogP contribution < -0.4 is 20.1 Å². The summed E-state index contributed by atoms with van der Waals surface area (Å²) in [5.74, 6) is 1.44. The third-order valence-corrected chi connectivity index (χ3v) is 6.51. The Morgan fingerprint density at radius 3 is 2.51 bits per heavy atom. The Kier molecular flexibility index (Phi) is 8.37. The van der Waals surface area contributed by atoms with E-state index in [0.29, 0.717) is 18.0 Å². The zero-order valence-corrected chi connectivity index (χ0v) is 21.9. The van der Waals surface area contributed by atoms with E-state index < -0.39 is 0 Å². The standard InChI is InChI=1S/C26H25N5O2.C6H6/c1-32-24-4-2-3-19-11-22(31-25(19)24)20-12-23-26(30-14-20)33-21(16-29-23)15-28-10-9-17-5-7-18(13-27)8-6-17;1-2-4-6-5-3-1/h2-8,11-12,14,21,28-29,31H,9-10,15-16H2,1H3;1-6H/t21-;/m1./s1. The summed E-state index contributed by atoms with van der Waals surface area (Å²) in [6, 6.07) is 32.0. The van der Waals surface area contributed by atoms with Crippen LogP contribution >= 0.6 is 0 Å². The largest absolute Gasteiger partial charge is 0.495 e. The number of nitriles is 1. The van der Waals surface area contributed by atoms with Crippen LogP contribution in [0.2, 0.25) is 0 Å². The number of fused-ring (bicyclic) bond motifs is 2. The highest BCUT2D eigenvalue weighted by atomic mass is 16.5. The average molecular weight is 518 g/mol. The summed E-state index contributed by atoms with van der Waals surface area (Å²) < 4.78 is 11.6. The molecule has 0 unspecified atom stereocenters. The number of aromatic nitrogens is 2. The highest BCUT2D eigenvalue weighted by Gasteiger charge is 2.21. The van der Waals surface area contributed by atoms with E-state index in [0.717, 1.165) is 53.1 Å². The van der Waals surface area contributed by atoms with E-state index in [1.807, 2.05) is 79.0 Å². The van der Waals surface area contributed by atoms with E-state index >= 15 is 0 Å². The molecular weight excluding hydrogens is 486 g/mol. The fraction of sp³-hybridized carbons (Fsp3) is 0.188. The van der Waals surface area contributed by atoms with Crippen LogP contribution in [-0.2, 0) is 6.42 Å². The molecule has 0 saturated heterocycles. The van der Waals surface area contributed by atoms with Crippen LogP contribution in [-0.4, -0.2) is 42.8 Å². The van der Waals surface area contributed by atoms with Crippen molar-refractivity contribution in [1.29, 1.82) is 5.26 Å². The van der Waals surface area contributed by atoms with Crippen LogP contribution in [0.15, 0.2) is 97.2 Å². The van der Waals surface area contributed by atoms with Gasteiger partial charge in [0.1, 0.15) is 11.9 Å². The molecule has 1 atom stereocenters. The molecule has 0 saturated carbocycles. The van der Waals surface area contributed by atoms with Gasteiger partial charge in [0, 0.05) is 29.4 Å². The monoisotopic (exact) mass is 517 g/mol. The Labute approximate surface area is 228 Å². The quantitative estimate of drug-likeness (QED) is 0.236. The first-order chi connectivity index (χ1) is 19.2. The highest BCUT2D eigenvalue weighted by Crippen LogP contribution is 2.34. The molecule has 39 heavy (non-hydrogen) atoms. The molecule has 3 N–H and O–H groups in total. The molecule has 196 valence electrons. The number of aromatic amines is 1. The van der Waals surface area contributed by atoms with Gasteiger partial charge in [0.05, 0.1) is 36.5 Å². The number of pyridine rings is 1. The van der Waals surface area contributed by atoms with Gasteiger partial charge in [0.25, 0.3) is 0 Å². The SMILES string of the molecule is COc1cccc2cc(-c3cnc4c(c3)NC[C@@H](CNCCc3ccc(C#N)cc3)O4)[nH]c12.c1ccccc1. The molecule has 6 rings (SSSR count). The Bertz CT molecular complexity index is 1510. The lowest BCUT2D eigenvalue weighted by atomic mass is 10.1. The molecule has 1 aliphatic heterocycles. The van der Waals surface area contributed by atoms with Gasteiger partial charge in [-0.2, -0.15) is 5.26 Å². The molecule has 0 bridgehead atoms. The molecule has 0 amide bonds. The number of ether oxygens (including phenoxy) is 2. The molecule has 3 heterocycles. The Morgan fingerprint density at radius 2 is 1.79 bits per heavy atom. The molecule has 0 spiro atoms. The van der Waals surface area contributed by atoms with Crippen molar-refractivity contribution in [2.45, 2.75) is 12.5 Å². The molecule has 1 aliphatic rings. The van der Waals surface area contributed by atoms with Gasteiger partial charge in [0.15, 0.2) is 0 Å². The molecule has 7 nitrogen and oxygen atoms in total. The summed E-state index contributed by atoms with van der Waals surface area (Å²) >= 11 is 0. The van der Waals surface area contributed by atoms with Gasteiger partial charge in [-0.05, 0) is 48.9 Å². The van der Waals surface area contributed by atoms with Crippen molar-refractivity contribution in [2.24, 2.45) is 0 Å². The fourth-order valence-corrected chi connectivity index (χ4v) is 4.44. The number of nitrogens with zero attached hydrogens (tertiary/aromatic N) is 2. The number of hydrogen-bond acceptors (Lipinski definition) is 6. The normalized spacial score (nSPS) is 13.7. The topological polar surface area (TPSA) is 95.0 Å². The molecule has 0 aliphatic carbocycles. The summed E-state index contributed by atoms with van der Waals surface area (Å²) in [6.45, 7) is 2.28. The summed E-state index contributed by atoms with van der Waals surface area (Å²) in [5, 5.41) is 16.9. The second kappa shape index (κ2) is 12.6. The first-order valence-corrected chi connectivity index (χ1v) is 13.0. The maximum absolute atomic E-state index is 8.89. The van der Waals surface area contributed by atoms with Crippen LogP contribution in [0.25, 0.3) is 22.2 Å². The lowest BCUT2D eigenvalue weighted by Gasteiger charge is -2.27. The summed E-state index contributed by atoms with van der Waals surface area (Å²) in [6.07, 6.45) is 2.74. The number of methoxy groups -OCH3 is 1. The number of anilines is 1. The minimum absolute atomic E-state index is 0.00847. The maximum atomic E-state index is 8.89. The first-order valence-electron chi connectivity index (χ1n) is 13.0. The van der Waals surface area contributed by atoms with Gasteiger partial charge in [-0.3, -0.25) is 0 Å². The summed E-state index contributed by atoms with van der Waals surface area (Å²) in [4.78, 5) is 8.00. The van der Waals surface area contributed by atoms with Crippen molar-refractivity contribution in [1.82, 2.24) is 15.3 Å². The van der Waals surface area contributed by atoms with Gasteiger partial charge in [-0.1, -0.05) is 60.7 Å². The number of hydrogen-bond donors (Lipinski definition) is 3. The minimum Gasteiger partial charge on any atom is -0.495 e. The van der Waals surface area contributed by atoms with Crippen LogP contribution in [0.3, 0.4) is 0 Å². The fourth-order valence-electron chi connectivity index (χ4n) is 4.44. The number of para-hydroxylation sites is 1. The molecule has 5 aromatic rings. The van der Waals surface area contributed by atoms with Crippen molar-refractivity contribution < 1.29 is 9.47 Å². The van der Waals surface area contributed by atoms with E-state index in [1.54, 1.807) is 7.11 Å². The zero-order valence-electron chi connectivity index (χ0n) is 21.9. The van der Waals surface area contributed by atoms with Crippen LogP contribution in [0.1, 0.15) is 11.1 Å². The van der Waals surface area contributed by atoms with Gasteiger partial charge >= 0.3 is 0 Å². The van der Waals surface area contributed by atoms with Crippen LogP contribution in [0.5, 0.6) is 11.6 Å². The third kappa shape index (κ3) is 6.56. The molecular formula is C32H31N5O2. The van der Waals surface area contributed by atoms with Crippen LogP contribution in [0, 0.1) is 11.3 Å². The van der Waals surface area contributed by atoms with E-state index in [9.17, 15) is 0 Å². The first kappa shape index (κ1) is 25.8. The second-order valence-corrected chi connectivity index (χ2v) is 9.22. The predicted molar refractivity (Wildman–Crippen MR) is 155 cm³/mol. The van der Waals surface area contributed by atoms with Crippen molar-refractivity contribution in [3.05, 3.63) is 108 Å². The van der Waals surface area contributed by atoms with E-state index in [-0.39, 0.29) is 6.10 Å². The van der Waals surface area contributed by atoms with Gasteiger partial charge < -0.3 is 25.1 Å². The maximum Gasteiger partial charge on any atom is 0.237 e. The average Bonchev–Trinajstić information content (AvgIpc) is 3.45. The van der Waals surface area contributed by atoms with E-state index in [4.69, 9.17) is 14.7 Å². The van der Waals surface area contributed by atoms with Crippen molar-refractivity contribution >= 4 is 16.6 Å². The van der Waals surface area contributed by atoms with E-state index in [1.165, 1.54) is 5.56 Å². The van der Waals surface area contributed by atoms with Crippen molar-refractivity contribution in [2.75, 3.05) is 32.1 Å². The van der Waals surface area contributed by atoms with Crippen LogP contribution in [0.4, 0.5) is 5.69 Å². The summed E-state index contributed by atoms with van der Waals surface area (Å²) in [7, 11) is 1.68. The van der Waals surface area contributed by atoms with Crippen molar-refractivity contribution in [3.8, 4) is 29.0 Å². The molecule has 0 fully saturated rings. The smallest absolute Gasteiger partial charge is 0.237 e. The number of nitrogens with one attached hydrogen (secondary N) is 3. The second-order valence-electron chi connectivity index (χ2n) is 9.22. The third-order valence-electron chi connectivity index (χ3n) is 6.51. The molecule has 2 aromatic heterocycles. The zero-order chi connectivity index (χ0) is 26.9. The molecule has 3 aromatic carbocycles. The number of benzene rings is 3. The van der Waals surface area contributed by atoms with E-state index in [2.05, 4.69) is 44.9 Å². The number of rotatable bonds is 7. The summed E-state index contributed by atoms with van der Waals surface area (Å²) in [5.41, 5.74) is 5.74. The molecule has 7 heteroatoms. The Morgan fingerprint density at radius 1 is 1.03 bits per heavy atom. The lowest BCUT2D eigenvalue weighted by Crippen LogP contribution is -2.40. The number of H-pyrrole nitrogens is 1.